The van der Waals surface area contributed by atoms with Gasteiger partial charge in [-0.1, -0.05) is 30.3 Å². The smallest absolute Gasteiger partial charge is 0.251 e. The van der Waals surface area contributed by atoms with Crippen molar-refractivity contribution in [1.82, 2.24) is 5.32 Å². The molecule has 0 aromatic heterocycles. The largest absolute Gasteiger partial charge is 0.378 e. The Hall–Kier alpha value is -2.14. The Morgan fingerprint density at radius 2 is 1.70 bits per heavy atom. The molecule has 1 amide bonds. The topological polar surface area (TPSA) is 49.4 Å². The Labute approximate surface area is 140 Å². The number of amides is 1. The fraction of sp³-hybridized carbons (Fsp3) is 0.278. The van der Waals surface area contributed by atoms with Crippen LogP contribution < -0.4 is 10.2 Å². The number of carbonyl (C=O) groups is 1. The summed E-state index contributed by atoms with van der Waals surface area (Å²) in [6.07, 6.45) is 1.65. The van der Waals surface area contributed by atoms with E-state index in [1.165, 1.54) is 0 Å². The number of hydrogen-bond acceptors (Lipinski definition) is 3. The summed E-state index contributed by atoms with van der Waals surface area (Å²) in [7, 11) is 2.91. The lowest BCUT2D eigenvalue weighted by Gasteiger charge is -2.19. The van der Waals surface area contributed by atoms with Crippen molar-refractivity contribution in [2.24, 2.45) is 0 Å². The van der Waals surface area contributed by atoms with Gasteiger partial charge in [0, 0.05) is 48.2 Å². The molecule has 2 aromatic carbocycles. The SMILES string of the molecule is CN(C)c1ccc(C(=O)N[C@H](C[S@@](C)=O)c2ccccc2)cc1. The van der Waals surface area contributed by atoms with Crippen LogP contribution in [0.3, 0.4) is 0 Å². The molecule has 1 N–H and O–H groups in total. The second-order valence-corrected chi connectivity index (χ2v) is 7.10. The third-order valence-corrected chi connectivity index (χ3v) is 4.36. The molecular formula is C18H22N2O2S. The van der Waals surface area contributed by atoms with Gasteiger partial charge in [0.25, 0.3) is 5.91 Å². The van der Waals surface area contributed by atoms with E-state index in [0.717, 1.165) is 11.3 Å². The average molecular weight is 330 g/mol. The summed E-state index contributed by atoms with van der Waals surface area (Å²) in [5.41, 5.74) is 2.59. The summed E-state index contributed by atoms with van der Waals surface area (Å²) < 4.78 is 11.6. The average Bonchev–Trinajstić information content (AvgIpc) is 2.54. The Morgan fingerprint density at radius 3 is 2.22 bits per heavy atom. The van der Waals surface area contributed by atoms with Crippen molar-refractivity contribution in [3.8, 4) is 0 Å². The molecule has 0 aliphatic rings. The molecular weight excluding hydrogens is 308 g/mol. The second kappa shape index (κ2) is 7.92. The first-order chi connectivity index (χ1) is 11.0. The van der Waals surface area contributed by atoms with Gasteiger partial charge >= 0.3 is 0 Å². The van der Waals surface area contributed by atoms with Gasteiger partial charge < -0.3 is 10.2 Å². The summed E-state index contributed by atoms with van der Waals surface area (Å²) in [4.78, 5) is 14.4. The third-order valence-electron chi connectivity index (χ3n) is 3.55. The zero-order valence-electron chi connectivity index (χ0n) is 13.7. The summed E-state index contributed by atoms with van der Waals surface area (Å²) in [6.45, 7) is 0. The molecule has 0 unspecified atom stereocenters. The van der Waals surface area contributed by atoms with E-state index in [2.05, 4.69) is 5.32 Å². The molecule has 0 heterocycles. The monoisotopic (exact) mass is 330 g/mol. The number of carbonyl (C=O) groups excluding carboxylic acids is 1. The van der Waals surface area contributed by atoms with Crippen molar-refractivity contribution < 1.29 is 9.00 Å². The highest BCUT2D eigenvalue weighted by Crippen LogP contribution is 2.16. The van der Waals surface area contributed by atoms with E-state index in [1.807, 2.05) is 61.5 Å². The molecule has 0 fully saturated rings. The fourth-order valence-electron chi connectivity index (χ4n) is 2.29. The van der Waals surface area contributed by atoms with Crippen LogP contribution in [-0.4, -0.2) is 36.2 Å². The van der Waals surface area contributed by atoms with Crippen molar-refractivity contribution in [3.63, 3.8) is 0 Å². The van der Waals surface area contributed by atoms with E-state index in [1.54, 1.807) is 18.4 Å². The van der Waals surface area contributed by atoms with Crippen LogP contribution in [0, 0.1) is 0 Å². The predicted octanol–water partition coefficient (Wildman–Crippen LogP) is 2.60. The van der Waals surface area contributed by atoms with Crippen molar-refractivity contribution in [1.29, 1.82) is 0 Å². The van der Waals surface area contributed by atoms with Crippen molar-refractivity contribution in [2.45, 2.75) is 6.04 Å². The fourth-order valence-corrected chi connectivity index (χ4v) is 3.04. The molecule has 0 spiro atoms. The Morgan fingerprint density at radius 1 is 1.09 bits per heavy atom. The number of hydrogen-bond donors (Lipinski definition) is 1. The second-order valence-electron chi connectivity index (χ2n) is 5.62. The molecule has 0 saturated heterocycles. The Balaban J connectivity index is 2.15. The van der Waals surface area contributed by atoms with Crippen LogP contribution >= 0.6 is 0 Å². The van der Waals surface area contributed by atoms with Crippen LogP contribution in [0.2, 0.25) is 0 Å². The highest BCUT2D eigenvalue weighted by molar-refractivity contribution is 7.84. The summed E-state index contributed by atoms with van der Waals surface area (Å²) in [5.74, 6) is 0.237. The minimum absolute atomic E-state index is 0.158. The van der Waals surface area contributed by atoms with E-state index >= 15 is 0 Å². The summed E-state index contributed by atoms with van der Waals surface area (Å²) in [5, 5.41) is 2.98. The summed E-state index contributed by atoms with van der Waals surface area (Å²) in [6, 6.07) is 16.8. The molecule has 2 atom stereocenters. The molecule has 0 radical (unpaired) electrons. The zero-order chi connectivity index (χ0) is 16.8. The molecule has 0 aliphatic carbocycles. The molecule has 5 heteroatoms. The molecule has 2 rings (SSSR count). The van der Waals surface area contributed by atoms with Gasteiger partial charge in [0.15, 0.2) is 0 Å². The van der Waals surface area contributed by atoms with E-state index in [0.29, 0.717) is 11.3 Å². The first-order valence-electron chi connectivity index (χ1n) is 7.40. The van der Waals surface area contributed by atoms with Gasteiger partial charge in [-0.25, -0.2) is 0 Å². The lowest BCUT2D eigenvalue weighted by molar-refractivity contribution is 0.0940. The van der Waals surface area contributed by atoms with Crippen LogP contribution in [0.25, 0.3) is 0 Å². The predicted molar refractivity (Wildman–Crippen MR) is 96.4 cm³/mol. The van der Waals surface area contributed by atoms with E-state index in [4.69, 9.17) is 0 Å². The van der Waals surface area contributed by atoms with Crippen LogP contribution in [0.1, 0.15) is 22.0 Å². The number of nitrogens with one attached hydrogen (secondary N) is 1. The van der Waals surface area contributed by atoms with Gasteiger partial charge in [-0.3, -0.25) is 9.00 Å². The molecule has 4 nitrogen and oxygen atoms in total. The number of anilines is 1. The van der Waals surface area contributed by atoms with Crippen LogP contribution in [0.4, 0.5) is 5.69 Å². The van der Waals surface area contributed by atoms with Gasteiger partial charge in [-0.15, -0.1) is 0 Å². The van der Waals surface area contributed by atoms with Crippen LogP contribution in [0.15, 0.2) is 54.6 Å². The molecule has 2 aromatic rings. The third kappa shape index (κ3) is 4.93. The number of benzene rings is 2. The summed E-state index contributed by atoms with van der Waals surface area (Å²) >= 11 is 0. The zero-order valence-corrected chi connectivity index (χ0v) is 14.5. The normalized spacial score (nSPS) is 13.2. The van der Waals surface area contributed by atoms with E-state index < -0.39 is 10.8 Å². The quantitative estimate of drug-likeness (QED) is 0.886. The molecule has 23 heavy (non-hydrogen) atoms. The van der Waals surface area contributed by atoms with Crippen LogP contribution in [0.5, 0.6) is 0 Å². The molecule has 0 bridgehead atoms. The molecule has 0 saturated carbocycles. The van der Waals surface area contributed by atoms with Crippen molar-refractivity contribution in [3.05, 3.63) is 65.7 Å². The first kappa shape index (κ1) is 17.2. The maximum absolute atomic E-state index is 12.5. The minimum atomic E-state index is -1.00. The molecule has 0 aliphatic heterocycles. The van der Waals surface area contributed by atoms with Gasteiger partial charge in [-0.2, -0.15) is 0 Å². The standard InChI is InChI=1S/C18H22N2O2S/c1-20(2)16-11-9-15(10-12-16)18(21)19-17(13-23(3)22)14-7-5-4-6-8-14/h4-12,17H,13H2,1-3H3,(H,19,21)/t17-,23-/m1/s1. The van der Waals surface area contributed by atoms with Gasteiger partial charge in [0.1, 0.15) is 0 Å². The lowest BCUT2D eigenvalue weighted by atomic mass is 10.1. The first-order valence-corrected chi connectivity index (χ1v) is 9.13. The van der Waals surface area contributed by atoms with Gasteiger partial charge in [0.05, 0.1) is 6.04 Å². The van der Waals surface area contributed by atoms with E-state index in [-0.39, 0.29) is 11.9 Å². The maximum Gasteiger partial charge on any atom is 0.251 e. The Bertz CT molecular complexity index is 669. The van der Waals surface area contributed by atoms with Gasteiger partial charge in [0.2, 0.25) is 0 Å². The minimum Gasteiger partial charge on any atom is -0.378 e. The Kier molecular flexibility index (Phi) is 5.93. The van der Waals surface area contributed by atoms with Crippen molar-refractivity contribution >= 4 is 22.4 Å². The van der Waals surface area contributed by atoms with Crippen LogP contribution in [-0.2, 0) is 10.8 Å². The van der Waals surface area contributed by atoms with E-state index in [9.17, 15) is 9.00 Å². The highest BCUT2D eigenvalue weighted by atomic mass is 32.2. The molecule has 122 valence electrons. The number of rotatable bonds is 6. The lowest BCUT2D eigenvalue weighted by Crippen LogP contribution is -2.31. The number of nitrogens with zero attached hydrogens (tertiary/aromatic N) is 1. The van der Waals surface area contributed by atoms with Gasteiger partial charge in [-0.05, 0) is 29.8 Å². The highest BCUT2D eigenvalue weighted by Gasteiger charge is 2.17. The van der Waals surface area contributed by atoms with Crippen molar-refractivity contribution in [2.75, 3.05) is 31.0 Å². The maximum atomic E-state index is 12.5.